The molecular formula is C19H25N3O4S2. The highest BCUT2D eigenvalue weighted by molar-refractivity contribution is 8.77. The lowest BCUT2D eigenvalue weighted by Gasteiger charge is -2.42. The van der Waals surface area contributed by atoms with Gasteiger partial charge in [0.1, 0.15) is 0 Å². The fraction of sp³-hybridized carbons (Fsp3) is 0.684. The summed E-state index contributed by atoms with van der Waals surface area (Å²) in [5, 5.41) is 11.8. The van der Waals surface area contributed by atoms with E-state index in [-0.39, 0.29) is 23.4 Å². The highest BCUT2D eigenvalue weighted by atomic mass is 33.1. The average molecular weight is 424 g/mol. The number of nitrogens with zero attached hydrogens (tertiary/aromatic N) is 3. The van der Waals surface area contributed by atoms with E-state index >= 15 is 0 Å². The standard InChI is InChI=1S/C19H25N3O4S2/c23-18(4-2-1-3-15-7-8-27-28-15)20-10-13-9-14(12-20)16-5-6-17(22(25)26)19(24)21(16)11-13/h5-6,13-15H,1-4,7-12H2. The molecule has 3 aliphatic heterocycles. The molecule has 0 saturated carbocycles. The Bertz CT molecular complexity index is 822. The van der Waals surface area contributed by atoms with Crippen LogP contribution in [0.25, 0.3) is 0 Å². The minimum atomic E-state index is -0.613. The first-order chi connectivity index (χ1) is 13.5. The molecule has 9 heteroatoms. The number of pyridine rings is 1. The number of amides is 1. The normalized spacial score (nSPS) is 26.1. The second-order valence-electron chi connectivity index (χ2n) is 7.99. The summed E-state index contributed by atoms with van der Waals surface area (Å²) in [5.41, 5.74) is -0.0458. The first-order valence-corrected chi connectivity index (χ1v) is 12.4. The Balaban J connectivity index is 1.36. The molecule has 0 radical (unpaired) electrons. The Morgan fingerprint density at radius 3 is 2.86 bits per heavy atom. The van der Waals surface area contributed by atoms with Gasteiger partial charge in [-0.15, -0.1) is 0 Å². The van der Waals surface area contributed by atoms with E-state index in [9.17, 15) is 19.7 Å². The van der Waals surface area contributed by atoms with Crippen LogP contribution in [0.5, 0.6) is 0 Å². The van der Waals surface area contributed by atoms with Crippen LogP contribution in [0, 0.1) is 16.0 Å². The number of nitro groups is 1. The van der Waals surface area contributed by atoms with E-state index in [1.165, 1.54) is 24.7 Å². The van der Waals surface area contributed by atoms with Crippen LogP contribution in [0.1, 0.15) is 50.1 Å². The molecule has 2 bridgehead atoms. The molecule has 7 nitrogen and oxygen atoms in total. The van der Waals surface area contributed by atoms with Gasteiger partial charge >= 0.3 is 11.2 Å². The molecule has 1 aromatic rings. The highest BCUT2D eigenvalue weighted by Gasteiger charge is 2.37. The van der Waals surface area contributed by atoms with E-state index in [4.69, 9.17) is 0 Å². The molecule has 28 heavy (non-hydrogen) atoms. The summed E-state index contributed by atoms with van der Waals surface area (Å²) in [7, 11) is 3.95. The van der Waals surface area contributed by atoms with Gasteiger partial charge in [-0.3, -0.25) is 19.7 Å². The van der Waals surface area contributed by atoms with Gasteiger partial charge in [0.15, 0.2) is 0 Å². The molecule has 152 valence electrons. The molecule has 1 aromatic heterocycles. The Morgan fingerprint density at radius 1 is 1.25 bits per heavy atom. The lowest BCUT2D eigenvalue weighted by molar-refractivity contribution is -0.386. The minimum Gasteiger partial charge on any atom is -0.342 e. The van der Waals surface area contributed by atoms with E-state index in [0.717, 1.165) is 30.2 Å². The molecule has 3 aliphatic rings. The topological polar surface area (TPSA) is 85.5 Å². The van der Waals surface area contributed by atoms with E-state index in [1.54, 1.807) is 10.6 Å². The van der Waals surface area contributed by atoms with Gasteiger partial charge in [-0.1, -0.05) is 28.0 Å². The lowest BCUT2D eigenvalue weighted by Crippen LogP contribution is -2.49. The van der Waals surface area contributed by atoms with Gasteiger partial charge in [0.25, 0.3) is 0 Å². The third kappa shape index (κ3) is 4.10. The molecule has 0 aromatic carbocycles. The Kier molecular flexibility index (Phi) is 6.01. The van der Waals surface area contributed by atoms with Gasteiger partial charge in [-0.2, -0.15) is 0 Å². The molecule has 2 fully saturated rings. The fourth-order valence-electron chi connectivity index (χ4n) is 4.65. The first-order valence-electron chi connectivity index (χ1n) is 9.97. The molecule has 1 amide bonds. The number of aromatic nitrogens is 1. The van der Waals surface area contributed by atoms with Crippen LogP contribution in [0.2, 0.25) is 0 Å². The smallest absolute Gasteiger partial charge is 0.334 e. The van der Waals surface area contributed by atoms with Gasteiger partial charge in [-0.05, 0) is 37.7 Å². The van der Waals surface area contributed by atoms with Gasteiger partial charge in [0.05, 0.1) is 4.92 Å². The van der Waals surface area contributed by atoms with Crippen molar-refractivity contribution in [1.29, 1.82) is 0 Å². The predicted molar refractivity (Wildman–Crippen MR) is 112 cm³/mol. The van der Waals surface area contributed by atoms with Crippen LogP contribution < -0.4 is 5.56 Å². The molecule has 3 atom stereocenters. The third-order valence-corrected chi connectivity index (χ3v) is 9.03. The molecule has 3 unspecified atom stereocenters. The van der Waals surface area contributed by atoms with E-state index in [0.29, 0.717) is 26.1 Å². The van der Waals surface area contributed by atoms with Crippen LogP contribution in [0.4, 0.5) is 5.69 Å². The van der Waals surface area contributed by atoms with E-state index in [2.05, 4.69) is 0 Å². The number of piperidine rings is 1. The van der Waals surface area contributed by atoms with Crippen molar-refractivity contribution in [3.8, 4) is 0 Å². The minimum absolute atomic E-state index is 0.0943. The maximum absolute atomic E-state index is 12.7. The number of carbonyl (C=O) groups excluding carboxylic acids is 1. The quantitative estimate of drug-likeness (QED) is 0.302. The number of unbranched alkanes of at least 4 members (excludes halogenated alkanes) is 1. The number of likely N-dealkylation sites (tertiary alicyclic amines) is 1. The molecule has 4 rings (SSSR count). The Hall–Kier alpha value is -1.48. The van der Waals surface area contributed by atoms with E-state index in [1.807, 2.05) is 26.5 Å². The Morgan fingerprint density at radius 2 is 2.11 bits per heavy atom. The molecule has 0 N–H and O–H groups in total. The van der Waals surface area contributed by atoms with Crippen molar-refractivity contribution >= 4 is 33.2 Å². The molecule has 0 aliphatic carbocycles. The second kappa shape index (κ2) is 8.49. The summed E-state index contributed by atoms with van der Waals surface area (Å²) in [4.78, 5) is 37.5. The molecule has 2 saturated heterocycles. The number of hydrogen-bond donors (Lipinski definition) is 0. The monoisotopic (exact) mass is 423 g/mol. The van der Waals surface area contributed by atoms with Crippen molar-refractivity contribution in [2.24, 2.45) is 5.92 Å². The average Bonchev–Trinajstić information content (AvgIpc) is 3.19. The zero-order valence-electron chi connectivity index (χ0n) is 15.7. The van der Waals surface area contributed by atoms with Crippen molar-refractivity contribution in [2.75, 3.05) is 18.8 Å². The number of carbonyl (C=O) groups is 1. The van der Waals surface area contributed by atoms with E-state index < -0.39 is 10.5 Å². The predicted octanol–water partition coefficient (Wildman–Crippen LogP) is 3.42. The maximum Gasteiger partial charge on any atom is 0.334 e. The summed E-state index contributed by atoms with van der Waals surface area (Å²) < 4.78 is 1.57. The summed E-state index contributed by atoms with van der Waals surface area (Å²) in [6.45, 7) is 1.73. The van der Waals surface area contributed by atoms with Crippen LogP contribution in [-0.4, -0.2) is 44.4 Å². The summed E-state index contributed by atoms with van der Waals surface area (Å²) in [5.74, 6) is 1.75. The van der Waals surface area contributed by atoms with Crippen molar-refractivity contribution in [2.45, 2.75) is 56.2 Å². The summed E-state index contributed by atoms with van der Waals surface area (Å²) in [6, 6.07) is 3.01. The third-order valence-electron chi connectivity index (χ3n) is 6.03. The van der Waals surface area contributed by atoms with Crippen LogP contribution in [0.3, 0.4) is 0 Å². The SMILES string of the molecule is O=C(CCCCC1CCSS1)N1CC2CC(C1)c1ccc([N+](=O)[O-])c(=O)n1C2. The van der Waals surface area contributed by atoms with Crippen LogP contribution >= 0.6 is 21.6 Å². The summed E-state index contributed by atoms with van der Waals surface area (Å²) >= 11 is 0. The van der Waals surface area contributed by atoms with Crippen LogP contribution in [-0.2, 0) is 11.3 Å². The molecular weight excluding hydrogens is 398 g/mol. The Labute approximate surface area is 171 Å². The second-order valence-corrected chi connectivity index (χ2v) is 10.8. The van der Waals surface area contributed by atoms with Crippen molar-refractivity contribution in [3.63, 3.8) is 0 Å². The van der Waals surface area contributed by atoms with Crippen LogP contribution in [0.15, 0.2) is 16.9 Å². The highest BCUT2D eigenvalue weighted by Crippen LogP contribution is 2.40. The van der Waals surface area contributed by atoms with Crippen molar-refractivity contribution in [3.05, 3.63) is 38.3 Å². The van der Waals surface area contributed by atoms with Gasteiger partial charge in [0.2, 0.25) is 5.91 Å². The van der Waals surface area contributed by atoms with Crippen molar-refractivity contribution in [1.82, 2.24) is 9.47 Å². The zero-order chi connectivity index (χ0) is 19.7. The zero-order valence-corrected chi connectivity index (χ0v) is 17.4. The van der Waals surface area contributed by atoms with Gasteiger partial charge in [0, 0.05) is 54.7 Å². The van der Waals surface area contributed by atoms with Gasteiger partial charge in [-0.25, -0.2) is 0 Å². The van der Waals surface area contributed by atoms with Gasteiger partial charge < -0.3 is 9.47 Å². The number of rotatable bonds is 6. The summed E-state index contributed by atoms with van der Waals surface area (Å²) in [6.07, 6.45) is 6.07. The fourth-order valence-corrected chi connectivity index (χ4v) is 7.68. The van der Waals surface area contributed by atoms with Crippen molar-refractivity contribution < 1.29 is 9.72 Å². The number of fused-ring (bicyclic) bond motifs is 4. The lowest BCUT2D eigenvalue weighted by atomic mass is 9.83. The first kappa shape index (κ1) is 19.8. The number of hydrogen-bond acceptors (Lipinski definition) is 6. The molecule has 4 heterocycles. The maximum atomic E-state index is 12.7. The molecule has 0 spiro atoms. The largest absolute Gasteiger partial charge is 0.342 e.